The van der Waals surface area contributed by atoms with Gasteiger partial charge in [-0.1, -0.05) is 0 Å². The quantitative estimate of drug-likeness (QED) is 0.709. The van der Waals surface area contributed by atoms with Gasteiger partial charge in [0.25, 0.3) is 0 Å². The lowest BCUT2D eigenvalue weighted by Gasteiger charge is -2.32. The third kappa shape index (κ3) is 3.67. The SMILES string of the molecule is CC(NC(C)(C)C(=O)O)C(=O)N1CCOCC1. The molecule has 0 aromatic rings. The number of nitrogens with one attached hydrogen (secondary N) is 1. The average Bonchev–Trinajstić information content (AvgIpc) is 2.28. The summed E-state index contributed by atoms with van der Waals surface area (Å²) in [6.07, 6.45) is 0. The van der Waals surface area contributed by atoms with Gasteiger partial charge in [-0.15, -0.1) is 0 Å². The number of carboxylic acid groups (broad SMARTS) is 1. The Morgan fingerprint density at radius 1 is 1.35 bits per heavy atom. The van der Waals surface area contributed by atoms with Gasteiger partial charge in [0.15, 0.2) is 0 Å². The molecule has 1 aliphatic heterocycles. The lowest BCUT2D eigenvalue weighted by Crippen LogP contribution is -2.57. The van der Waals surface area contributed by atoms with Crippen molar-refractivity contribution in [1.82, 2.24) is 10.2 Å². The van der Waals surface area contributed by atoms with E-state index in [-0.39, 0.29) is 5.91 Å². The van der Waals surface area contributed by atoms with Gasteiger partial charge in [0.2, 0.25) is 5.91 Å². The molecule has 2 N–H and O–H groups in total. The molecule has 1 heterocycles. The summed E-state index contributed by atoms with van der Waals surface area (Å²) in [5.41, 5.74) is -1.11. The molecule has 6 heteroatoms. The molecule has 17 heavy (non-hydrogen) atoms. The van der Waals surface area contributed by atoms with Crippen molar-refractivity contribution in [3.05, 3.63) is 0 Å². The van der Waals surface area contributed by atoms with E-state index in [1.807, 2.05) is 0 Å². The molecule has 1 fully saturated rings. The highest BCUT2D eigenvalue weighted by Gasteiger charge is 2.32. The summed E-state index contributed by atoms with van der Waals surface area (Å²) in [5, 5.41) is 11.8. The number of amides is 1. The number of nitrogens with zero attached hydrogens (tertiary/aromatic N) is 1. The van der Waals surface area contributed by atoms with E-state index in [0.29, 0.717) is 26.3 Å². The molecule has 0 bridgehead atoms. The Bertz CT molecular complexity index is 298. The maximum atomic E-state index is 12.0. The summed E-state index contributed by atoms with van der Waals surface area (Å²) >= 11 is 0. The normalized spacial score (nSPS) is 18.9. The smallest absolute Gasteiger partial charge is 0.323 e. The van der Waals surface area contributed by atoms with Crippen LogP contribution in [0.5, 0.6) is 0 Å². The molecule has 0 aliphatic carbocycles. The van der Waals surface area contributed by atoms with Crippen LogP contribution in [0, 0.1) is 0 Å². The number of carbonyl (C=O) groups excluding carboxylic acids is 1. The first-order chi connectivity index (χ1) is 7.84. The first-order valence-electron chi connectivity index (χ1n) is 5.72. The lowest BCUT2D eigenvalue weighted by atomic mass is 10.0. The molecule has 1 amide bonds. The summed E-state index contributed by atoms with van der Waals surface area (Å²) < 4.78 is 5.16. The third-order valence-corrected chi connectivity index (χ3v) is 2.81. The Morgan fingerprint density at radius 3 is 2.35 bits per heavy atom. The van der Waals surface area contributed by atoms with E-state index in [4.69, 9.17) is 9.84 Å². The highest BCUT2D eigenvalue weighted by atomic mass is 16.5. The van der Waals surface area contributed by atoms with Crippen molar-refractivity contribution in [3.63, 3.8) is 0 Å². The molecule has 0 radical (unpaired) electrons. The van der Waals surface area contributed by atoms with E-state index in [2.05, 4.69) is 5.32 Å². The van der Waals surface area contributed by atoms with Crippen LogP contribution in [0.25, 0.3) is 0 Å². The van der Waals surface area contributed by atoms with Gasteiger partial charge >= 0.3 is 5.97 Å². The Labute approximate surface area is 101 Å². The standard InChI is InChI=1S/C11H20N2O4/c1-8(12-11(2,3)10(15)16)9(14)13-4-6-17-7-5-13/h8,12H,4-7H2,1-3H3,(H,15,16). The molecule has 1 unspecified atom stereocenters. The van der Waals surface area contributed by atoms with E-state index < -0.39 is 17.6 Å². The Hall–Kier alpha value is -1.14. The molecule has 98 valence electrons. The molecule has 0 aromatic carbocycles. The predicted octanol–water partition coefficient (Wildman–Crippen LogP) is -0.313. The van der Waals surface area contributed by atoms with Crippen LogP contribution in [0.2, 0.25) is 0 Å². The monoisotopic (exact) mass is 244 g/mol. The number of carboxylic acids is 1. The molecule has 0 spiro atoms. The number of morpholine rings is 1. The van der Waals surface area contributed by atoms with Gasteiger partial charge in [0, 0.05) is 13.1 Å². The zero-order valence-corrected chi connectivity index (χ0v) is 10.5. The molecule has 1 aliphatic rings. The maximum Gasteiger partial charge on any atom is 0.323 e. The van der Waals surface area contributed by atoms with E-state index in [1.165, 1.54) is 0 Å². The fourth-order valence-electron chi connectivity index (χ4n) is 1.72. The van der Waals surface area contributed by atoms with Gasteiger partial charge in [-0.3, -0.25) is 14.9 Å². The lowest BCUT2D eigenvalue weighted by molar-refractivity contribution is -0.145. The minimum atomic E-state index is -1.11. The predicted molar refractivity (Wildman–Crippen MR) is 61.7 cm³/mol. The van der Waals surface area contributed by atoms with Crippen LogP contribution in [-0.4, -0.2) is 59.8 Å². The minimum Gasteiger partial charge on any atom is -0.480 e. The Kier molecular flexibility index (Phi) is 4.47. The zero-order chi connectivity index (χ0) is 13.1. The Morgan fingerprint density at radius 2 is 1.88 bits per heavy atom. The van der Waals surface area contributed by atoms with E-state index in [1.54, 1.807) is 25.7 Å². The van der Waals surface area contributed by atoms with Gasteiger partial charge in [-0.2, -0.15) is 0 Å². The molecular weight excluding hydrogens is 224 g/mol. The number of ether oxygens (including phenoxy) is 1. The third-order valence-electron chi connectivity index (χ3n) is 2.81. The van der Waals surface area contributed by atoms with Gasteiger partial charge in [0.05, 0.1) is 19.3 Å². The van der Waals surface area contributed by atoms with Crippen molar-refractivity contribution in [3.8, 4) is 0 Å². The van der Waals surface area contributed by atoms with Crippen LogP contribution in [0.15, 0.2) is 0 Å². The number of hydrogen-bond acceptors (Lipinski definition) is 4. The zero-order valence-electron chi connectivity index (χ0n) is 10.5. The van der Waals surface area contributed by atoms with E-state index >= 15 is 0 Å². The van der Waals surface area contributed by atoms with Crippen LogP contribution in [0.4, 0.5) is 0 Å². The van der Waals surface area contributed by atoms with Crippen molar-refractivity contribution in [2.24, 2.45) is 0 Å². The van der Waals surface area contributed by atoms with Crippen molar-refractivity contribution in [1.29, 1.82) is 0 Å². The van der Waals surface area contributed by atoms with Crippen molar-refractivity contribution >= 4 is 11.9 Å². The summed E-state index contributed by atoms with van der Waals surface area (Å²) in [6, 6.07) is -0.515. The molecule has 1 saturated heterocycles. The molecule has 0 saturated carbocycles. The highest BCUT2D eigenvalue weighted by molar-refractivity contribution is 5.84. The summed E-state index contributed by atoms with van der Waals surface area (Å²) in [4.78, 5) is 24.7. The van der Waals surface area contributed by atoms with Crippen LogP contribution in [0.1, 0.15) is 20.8 Å². The summed E-state index contributed by atoms with van der Waals surface area (Å²) in [6.45, 7) is 6.98. The number of hydrogen-bond donors (Lipinski definition) is 2. The van der Waals surface area contributed by atoms with Crippen LogP contribution < -0.4 is 5.32 Å². The van der Waals surface area contributed by atoms with Gasteiger partial charge in [-0.25, -0.2) is 0 Å². The Balaban J connectivity index is 2.54. The topological polar surface area (TPSA) is 78.9 Å². The molecular formula is C11H20N2O4. The average molecular weight is 244 g/mol. The second kappa shape index (κ2) is 5.46. The molecule has 6 nitrogen and oxygen atoms in total. The van der Waals surface area contributed by atoms with Crippen LogP contribution >= 0.6 is 0 Å². The summed E-state index contributed by atoms with van der Waals surface area (Å²) in [7, 11) is 0. The highest BCUT2D eigenvalue weighted by Crippen LogP contribution is 2.07. The first-order valence-corrected chi connectivity index (χ1v) is 5.72. The first kappa shape index (κ1) is 13.9. The number of carbonyl (C=O) groups is 2. The van der Waals surface area contributed by atoms with Crippen molar-refractivity contribution < 1.29 is 19.4 Å². The summed E-state index contributed by atoms with van der Waals surface area (Å²) in [5.74, 6) is -1.05. The number of rotatable bonds is 4. The second-order valence-corrected chi connectivity index (χ2v) is 4.73. The fourth-order valence-corrected chi connectivity index (χ4v) is 1.72. The molecule has 0 aromatic heterocycles. The largest absolute Gasteiger partial charge is 0.480 e. The van der Waals surface area contributed by atoms with Gasteiger partial charge in [-0.05, 0) is 20.8 Å². The van der Waals surface area contributed by atoms with E-state index in [9.17, 15) is 9.59 Å². The molecule has 1 atom stereocenters. The number of aliphatic carboxylic acids is 1. The molecule has 1 rings (SSSR count). The van der Waals surface area contributed by atoms with Gasteiger partial charge in [0.1, 0.15) is 5.54 Å². The second-order valence-electron chi connectivity index (χ2n) is 4.73. The van der Waals surface area contributed by atoms with Crippen molar-refractivity contribution in [2.75, 3.05) is 26.3 Å². The van der Waals surface area contributed by atoms with Crippen LogP contribution in [0.3, 0.4) is 0 Å². The minimum absolute atomic E-state index is 0.0809. The van der Waals surface area contributed by atoms with Gasteiger partial charge < -0.3 is 14.7 Å². The fraction of sp³-hybridized carbons (Fsp3) is 0.818. The van der Waals surface area contributed by atoms with E-state index in [0.717, 1.165) is 0 Å². The van der Waals surface area contributed by atoms with Crippen LogP contribution in [-0.2, 0) is 14.3 Å². The van der Waals surface area contributed by atoms with Crippen molar-refractivity contribution in [2.45, 2.75) is 32.4 Å². The maximum absolute atomic E-state index is 12.0.